The summed E-state index contributed by atoms with van der Waals surface area (Å²) < 4.78 is 12.3. The first-order valence-electron chi connectivity index (χ1n) is 8.20. The molecule has 0 bridgehead atoms. The molecule has 0 saturated carbocycles. The summed E-state index contributed by atoms with van der Waals surface area (Å²) in [7, 11) is 0. The molecule has 0 spiro atoms. The van der Waals surface area contributed by atoms with Crippen molar-refractivity contribution in [3.05, 3.63) is 75.8 Å². The Balaban J connectivity index is 1.77. The van der Waals surface area contributed by atoms with E-state index in [0.717, 1.165) is 17.0 Å². The number of para-hydroxylation sites is 1. The third kappa shape index (κ3) is 3.06. The largest absolute Gasteiger partial charge is 0.467 e. The van der Waals surface area contributed by atoms with E-state index in [0.29, 0.717) is 34.1 Å². The molecule has 132 valence electrons. The Hall–Kier alpha value is -2.80. The Kier molecular flexibility index (Phi) is 4.38. The van der Waals surface area contributed by atoms with Crippen LogP contribution in [0, 0.1) is 13.8 Å². The minimum atomic E-state index is -0.0757. The van der Waals surface area contributed by atoms with Gasteiger partial charge in [0.25, 0.3) is 5.56 Å². The SMILES string of the molecule is Cc1noc(C)c1CSc1nc2ccccc2c(=O)n1Cc1ccco1. The molecule has 1 aromatic carbocycles. The Morgan fingerprint density at radius 2 is 2.00 bits per heavy atom. The van der Waals surface area contributed by atoms with E-state index in [1.54, 1.807) is 16.9 Å². The fourth-order valence-electron chi connectivity index (χ4n) is 2.80. The van der Waals surface area contributed by atoms with Gasteiger partial charge in [-0.1, -0.05) is 29.1 Å². The van der Waals surface area contributed by atoms with Gasteiger partial charge in [0, 0.05) is 11.3 Å². The Labute approximate surface area is 153 Å². The van der Waals surface area contributed by atoms with Crippen LogP contribution in [0.1, 0.15) is 22.8 Å². The van der Waals surface area contributed by atoms with E-state index in [1.165, 1.54) is 11.8 Å². The lowest BCUT2D eigenvalue weighted by Crippen LogP contribution is -2.23. The van der Waals surface area contributed by atoms with Crippen LogP contribution in [0.2, 0.25) is 0 Å². The molecule has 0 radical (unpaired) electrons. The highest BCUT2D eigenvalue weighted by Gasteiger charge is 2.15. The van der Waals surface area contributed by atoms with E-state index in [1.807, 2.05) is 44.2 Å². The van der Waals surface area contributed by atoms with Crippen molar-refractivity contribution in [3.63, 3.8) is 0 Å². The quantitative estimate of drug-likeness (QED) is 0.393. The molecule has 4 aromatic rings. The molecule has 0 unspecified atom stereocenters. The van der Waals surface area contributed by atoms with Crippen molar-refractivity contribution < 1.29 is 8.94 Å². The highest BCUT2D eigenvalue weighted by molar-refractivity contribution is 7.98. The number of rotatable bonds is 5. The van der Waals surface area contributed by atoms with Crippen LogP contribution in [-0.4, -0.2) is 14.7 Å². The molecule has 0 fully saturated rings. The average Bonchev–Trinajstić information content (AvgIpc) is 3.26. The molecule has 0 aliphatic rings. The van der Waals surface area contributed by atoms with Gasteiger partial charge < -0.3 is 8.94 Å². The lowest BCUT2D eigenvalue weighted by Gasteiger charge is -2.12. The number of thioether (sulfide) groups is 1. The van der Waals surface area contributed by atoms with Crippen LogP contribution in [-0.2, 0) is 12.3 Å². The van der Waals surface area contributed by atoms with Gasteiger partial charge in [-0.3, -0.25) is 9.36 Å². The minimum absolute atomic E-state index is 0.0757. The van der Waals surface area contributed by atoms with E-state index >= 15 is 0 Å². The van der Waals surface area contributed by atoms with E-state index in [9.17, 15) is 4.79 Å². The first-order valence-corrected chi connectivity index (χ1v) is 9.18. The number of hydrogen-bond acceptors (Lipinski definition) is 6. The zero-order chi connectivity index (χ0) is 18.1. The molecule has 6 nitrogen and oxygen atoms in total. The molecule has 0 atom stereocenters. The molecule has 26 heavy (non-hydrogen) atoms. The molecule has 0 aliphatic heterocycles. The van der Waals surface area contributed by atoms with Crippen molar-refractivity contribution in [2.24, 2.45) is 0 Å². The minimum Gasteiger partial charge on any atom is -0.467 e. The Morgan fingerprint density at radius 1 is 1.15 bits per heavy atom. The summed E-state index contributed by atoms with van der Waals surface area (Å²) in [4.78, 5) is 17.7. The lowest BCUT2D eigenvalue weighted by atomic mass is 10.2. The number of benzene rings is 1. The molecule has 0 aliphatic carbocycles. The van der Waals surface area contributed by atoms with Gasteiger partial charge in [0.05, 0.1) is 29.4 Å². The van der Waals surface area contributed by atoms with Crippen LogP contribution >= 0.6 is 11.8 Å². The van der Waals surface area contributed by atoms with Crippen molar-refractivity contribution >= 4 is 22.7 Å². The van der Waals surface area contributed by atoms with Crippen LogP contribution in [0.15, 0.2) is 61.6 Å². The van der Waals surface area contributed by atoms with Crippen LogP contribution in [0.5, 0.6) is 0 Å². The fraction of sp³-hybridized carbons (Fsp3) is 0.211. The van der Waals surface area contributed by atoms with Crippen LogP contribution in [0.4, 0.5) is 0 Å². The second-order valence-corrected chi connectivity index (χ2v) is 6.92. The van der Waals surface area contributed by atoms with Gasteiger partial charge >= 0.3 is 0 Å². The molecule has 3 aromatic heterocycles. The van der Waals surface area contributed by atoms with Gasteiger partial charge in [-0.2, -0.15) is 0 Å². The highest BCUT2D eigenvalue weighted by Crippen LogP contribution is 2.26. The Morgan fingerprint density at radius 3 is 2.73 bits per heavy atom. The van der Waals surface area contributed by atoms with E-state index in [4.69, 9.17) is 13.9 Å². The lowest BCUT2D eigenvalue weighted by molar-refractivity contribution is 0.392. The molecule has 3 heterocycles. The van der Waals surface area contributed by atoms with Crippen LogP contribution in [0.3, 0.4) is 0 Å². The topological polar surface area (TPSA) is 74.1 Å². The van der Waals surface area contributed by atoms with Crippen molar-refractivity contribution in [3.8, 4) is 0 Å². The number of hydrogen-bond donors (Lipinski definition) is 0. The summed E-state index contributed by atoms with van der Waals surface area (Å²) in [5, 5.41) is 5.23. The number of fused-ring (bicyclic) bond motifs is 1. The first kappa shape index (κ1) is 16.7. The third-order valence-corrected chi connectivity index (χ3v) is 5.25. The number of aryl methyl sites for hydroxylation is 2. The van der Waals surface area contributed by atoms with Gasteiger partial charge in [-0.15, -0.1) is 0 Å². The average molecular weight is 367 g/mol. The predicted octanol–water partition coefficient (Wildman–Crippen LogP) is 3.93. The molecule has 7 heteroatoms. The number of aromatic nitrogens is 3. The first-order chi connectivity index (χ1) is 12.6. The summed E-state index contributed by atoms with van der Waals surface area (Å²) in [6.45, 7) is 4.14. The van der Waals surface area contributed by atoms with E-state index in [2.05, 4.69) is 5.16 Å². The summed E-state index contributed by atoms with van der Waals surface area (Å²) in [5.74, 6) is 2.13. The standard InChI is InChI=1S/C19H17N3O3S/c1-12-16(13(2)25-21-12)11-26-19-20-17-8-4-3-7-15(17)18(23)22(19)10-14-6-5-9-24-14/h3-9H,10-11H2,1-2H3. The van der Waals surface area contributed by atoms with Gasteiger partial charge in [0.15, 0.2) is 5.16 Å². The van der Waals surface area contributed by atoms with Gasteiger partial charge in [0.2, 0.25) is 0 Å². The van der Waals surface area contributed by atoms with Gasteiger partial charge in [0.1, 0.15) is 11.5 Å². The number of furan rings is 1. The number of nitrogens with zero attached hydrogens (tertiary/aromatic N) is 3. The zero-order valence-corrected chi connectivity index (χ0v) is 15.2. The van der Waals surface area contributed by atoms with Crippen LogP contribution < -0.4 is 5.56 Å². The molecule has 0 saturated heterocycles. The molecular formula is C19H17N3O3S. The maximum Gasteiger partial charge on any atom is 0.262 e. The third-order valence-electron chi connectivity index (χ3n) is 4.25. The molecule has 0 N–H and O–H groups in total. The summed E-state index contributed by atoms with van der Waals surface area (Å²) in [6, 6.07) is 11.0. The van der Waals surface area contributed by atoms with E-state index in [-0.39, 0.29) is 5.56 Å². The summed E-state index contributed by atoms with van der Waals surface area (Å²) in [6.07, 6.45) is 1.60. The van der Waals surface area contributed by atoms with Crippen LogP contribution in [0.25, 0.3) is 10.9 Å². The summed E-state index contributed by atoms with van der Waals surface area (Å²) >= 11 is 1.49. The van der Waals surface area contributed by atoms with Crippen molar-refractivity contribution in [2.75, 3.05) is 0 Å². The van der Waals surface area contributed by atoms with Gasteiger partial charge in [-0.05, 0) is 38.1 Å². The van der Waals surface area contributed by atoms with Crippen molar-refractivity contribution in [2.45, 2.75) is 31.3 Å². The monoisotopic (exact) mass is 367 g/mol. The second kappa shape index (κ2) is 6.84. The van der Waals surface area contributed by atoms with Crippen molar-refractivity contribution in [1.29, 1.82) is 0 Å². The van der Waals surface area contributed by atoms with Crippen molar-refractivity contribution in [1.82, 2.24) is 14.7 Å². The normalized spacial score (nSPS) is 11.3. The Bertz CT molecular complexity index is 1090. The summed E-state index contributed by atoms with van der Waals surface area (Å²) in [5.41, 5.74) is 2.50. The fourth-order valence-corrected chi connectivity index (χ4v) is 3.95. The maximum atomic E-state index is 13.0. The van der Waals surface area contributed by atoms with E-state index < -0.39 is 0 Å². The zero-order valence-electron chi connectivity index (χ0n) is 14.4. The maximum absolute atomic E-state index is 13.0. The molecule has 0 amide bonds. The highest BCUT2D eigenvalue weighted by atomic mass is 32.2. The second-order valence-electron chi connectivity index (χ2n) is 5.97. The molecule has 4 rings (SSSR count). The molecular weight excluding hydrogens is 350 g/mol. The van der Waals surface area contributed by atoms with Gasteiger partial charge in [-0.25, -0.2) is 4.98 Å². The predicted molar refractivity (Wildman–Crippen MR) is 99.4 cm³/mol. The smallest absolute Gasteiger partial charge is 0.262 e.